The van der Waals surface area contributed by atoms with Gasteiger partial charge in [-0.25, -0.2) is 0 Å². The molecule has 1 aromatic heterocycles. The lowest BCUT2D eigenvalue weighted by Crippen LogP contribution is -2.86. The number of aromatic nitrogens is 2. The standard InChI is InChI=1S/C16H25N5O5S/c1-10(21-8-12(9-21)26-27(2,23)24)14-19-15(13(7-17)16(22)20-14)18-11-3-5-25-6-4-11/h7,10-12,17H,3-6,8-9H2,1-2H3,(H2,18,19,20,22)/p+1. The van der Waals surface area contributed by atoms with Crippen LogP contribution in [0.5, 0.6) is 0 Å². The highest BCUT2D eigenvalue weighted by Crippen LogP contribution is 2.25. The van der Waals surface area contributed by atoms with Crippen molar-refractivity contribution in [3.8, 4) is 0 Å². The molecule has 3 rings (SSSR count). The third-order valence-corrected chi connectivity index (χ3v) is 5.56. The number of nitrogens with two attached hydrogens (primary N) is 1. The van der Waals surface area contributed by atoms with Crippen molar-refractivity contribution in [2.45, 2.75) is 38.0 Å². The summed E-state index contributed by atoms with van der Waals surface area (Å²) in [5.74, 6) is 1.02. The van der Waals surface area contributed by atoms with Gasteiger partial charge in [0.1, 0.15) is 17.5 Å². The van der Waals surface area contributed by atoms with Gasteiger partial charge < -0.3 is 15.1 Å². The average molecular weight is 400 g/mol. The van der Waals surface area contributed by atoms with E-state index in [9.17, 15) is 13.2 Å². The average Bonchev–Trinajstić information content (AvgIpc) is 2.57. The number of H-pyrrole nitrogens is 1. The third-order valence-electron chi connectivity index (χ3n) is 4.94. The van der Waals surface area contributed by atoms with Crippen molar-refractivity contribution >= 4 is 22.2 Å². The number of quaternary nitrogens is 1. The lowest BCUT2D eigenvalue weighted by Gasteiger charge is -2.41. The SMILES string of the molecule is CC(c1nc([NH2+]C2CCOCC2)c(C=N)c(=O)[nH]1)N1CC(OS(C)(=O)=O)C1. The van der Waals surface area contributed by atoms with E-state index in [4.69, 9.17) is 14.3 Å². The first-order valence-electron chi connectivity index (χ1n) is 8.96. The van der Waals surface area contributed by atoms with Crippen LogP contribution in [0.1, 0.15) is 37.2 Å². The Balaban J connectivity index is 1.73. The maximum atomic E-state index is 12.4. The van der Waals surface area contributed by atoms with Crippen molar-refractivity contribution in [1.82, 2.24) is 14.9 Å². The maximum absolute atomic E-state index is 12.4. The fraction of sp³-hybridized carbons (Fsp3) is 0.688. The van der Waals surface area contributed by atoms with Gasteiger partial charge in [0, 0.05) is 32.1 Å². The van der Waals surface area contributed by atoms with Crippen molar-refractivity contribution in [2.75, 3.05) is 32.6 Å². The van der Waals surface area contributed by atoms with Gasteiger partial charge in [0.2, 0.25) is 5.82 Å². The van der Waals surface area contributed by atoms with Crippen LogP contribution in [0.15, 0.2) is 4.79 Å². The second-order valence-corrected chi connectivity index (χ2v) is 8.66. The Kier molecular flexibility index (Phi) is 6.06. The molecule has 27 heavy (non-hydrogen) atoms. The molecule has 0 amide bonds. The maximum Gasteiger partial charge on any atom is 0.266 e. The quantitative estimate of drug-likeness (QED) is 0.388. The Morgan fingerprint density at radius 3 is 2.67 bits per heavy atom. The minimum atomic E-state index is -3.48. The predicted molar refractivity (Wildman–Crippen MR) is 97.9 cm³/mol. The molecule has 4 N–H and O–H groups in total. The number of aromatic amines is 1. The van der Waals surface area contributed by atoms with Crippen molar-refractivity contribution in [2.24, 2.45) is 0 Å². The molecule has 1 aromatic rings. The molecule has 1 unspecified atom stereocenters. The molecule has 0 spiro atoms. The molecule has 0 radical (unpaired) electrons. The molecule has 150 valence electrons. The molecule has 11 heteroatoms. The molecule has 0 aliphatic carbocycles. The highest BCUT2D eigenvalue weighted by Gasteiger charge is 2.35. The van der Waals surface area contributed by atoms with Crippen LogP contribution in [-0.2, 0) is 19.0 Å². The molecule has 1 atom stereocenters. The van der Waals surface area contributed by atoms with Crippen LogP contribution >= 0.6 is 0 Å². The van der Waals surface area contributed by atoms with Crippen LogP contribution in [0.4, 0.5) is 5.82 Å². The first kappa shape index (κ1) is 20.1. The minimum Gasteiger partial charge on any atom is -0.381 e. The zero-order valence-electron chi connectivity index (χ0n) is 15.5. The number of ether oxygens (including phenoxy) is 1. The van der Waals surface area contributed by atoms with Gasteiger partial charge in [-0.3, -0.25) is 19.2 Å². The highest BCUT2D eigenvalue weighted by atomic mass is 32.2. The Hall–Kier alpha value is -1.66. The molecule has 0 bridgehead atoms. The van der Waals surface area contributed by atoms with Gasteiger partial charge in [-0.1, -0.05) is 0 Å². The molecule has 2 fully saturated rings. The van der Waals surface area contributed by atoms with Gasteiger partial charge in [-0.05, 0) is 6.92 Å². The van der Waals surface area contributed by atoms with Crippen molar-refractivity contribution in [3.05, 3.63) is 21.7 Å². The zero-order valence-corrected chi connectivity index (χ0v) is 16.3. The van der Waals surface area contributed by atoms with E-state index in [1.54, 1.807) is 0 Å². The highest BCUT2D eigenvalue weighted by molar-refractivity contribution is 7.86. The number of hydrogen-bond donors (Lipinski definition) is 3. The molecule has 0 aromatic carbocycles. The first-order valence-corrected chi connectivity index (χ1v) is 10.8. The second kappa shape index (κ2) is 8.15. The van der Waals surface area contributed by atoms with Crippen LogP contribution < -0.4 is 10.9 Å². The fourth-order valence-corrected chi connectivity index (χ4v) is 3.97. The zero-order chi connectivity index (χ0) is 19.6. The minimum absolute atomic E-state index is 0.196. The van der Waals surface area contributed by atoms with E-state index in [1.165, 1.54) is 0 Å². The van der Waals surface area contributed by atoms with Crippen molar-refractivity contribution < 1.29 is 22.7 Å². The number of likely N-dealkylation sites (tertiary alicyclic amines) is 1. The summed E-state index contributed by atoms with van der Waals surface area (Å²) in [4.78, 5) is 21.7. The normalized spacial score (nSPS) is 21.0. The van der Waals surface area contributed by atoms with Crippen LogP contribution in [0, 0.1) is 5.41 Å². The summed E-state index contributed by atoms with van der Waals surface area (Å²) in [5, 5.41) is 9.51. The molecule has 0 saturated carbocycles. The summed E-state index contributed by atoms with van der Waals surface area (Å²) in [6, 6.07) is 0.0742. The molecule has 2 aliphatic heterocycles. The number of nitrogens with zero attached hydrogens (tertiary/aromatic N) is 2. The van der Waals surface area contributed by atoms with Gasteiger partial charge in [-0.2, -0.15) is 13.4 Å². The lowest BCUT2D eigenvalue weighted by atomic mass is 10.1. The van der Waals surface area contributed by atoms with Gasteiger partial charge in [0.15, 0.2) is 0 Å². The number of rotatable bonds is 7. The van der Waals surface area contributed by atoms with E-state index in [0.717, 1.165) is 25.3 Å². The van der Waals surface area contributed by atoms with E-state index < -0.39 is 10.1 Å². The summed E-state index contributed by atoms with van der Waals surface area (Å²) in [6.07, 6.45) is 3.43. The van der Waals surface area contributed by atoms with Crippen molar-refractivity contribution in [3.63, 3.8) is 0 Å². The Morgan fingerprint density at radius 2 is 2.07 bits per heavy atom. The smallest absolute Gasteiger partial charge is 0.266 e. The molecule has 2 aliphatic rings. The van der Waals surface area contributed by atoms with Crippen LogP contribution in [0.3, 0.4) is 0 Å². The molecule has 3 heterocycles. The summed E-state index contributed by atoms with van der Waals surface area (Å²) in [5.41, 5.74) is -0.0936. The van der Waals surface area contributed by atoms with Crippen LogP contribution in [-0.4, -0.2) is 74.2 Å². The van der Waals surface area contributed by atoms with Crippen LogP contribution in [0.2, 0.25) is 0 Å². The third kappa shape index (κ3) is 4.99. The van der Waals surface area contributed by atoms with Crippen LogP contribution in [0.25, 0.3) is 0 Å². The Bertz CT molecular complexity index is 843. The first-order chi connectivity index (χ1) is 12.8. The van der Waals surface area contributed by atoms with E-state index in [0.29, 0.717) is 37.9 Å². The van der Waals surface area contributed by atoms with Gasteiger partial charge in [0.05, 0.1) is 31.6 Å². The van der Waals surface area contributed by atoms with E-state index in [2.05, 4.69) is 9.97 Å². The summed E-state index contributed by atoms with van der Waals surface area (Å²) in [6.45, 7) is 4.16. The van der Waals surface area contributed by atoms with E-state index in [-0.39, 0.29) is 29.3 Å². The number of nitrogens with one attached hydrogen (secondary N) is 2. The van der Waals surface area contributed by atoms with E-state index >= 15 is 0 Å². The fourth-order valence-electron chi connectivity index (χ4n) is 3.35. The number of hydrogen-bond acceptors (Lipinski definition) is 8. The lowest BCUT2D eigenvalue weighted by molar-refractivity contribution is -0.619. The Labute approximate surface area is 157 Å². The summed E-state index contributed by atoms with van der Waals surface area (Å²) < 4.78 is 32.7. The van der Waals surface area contributed by atoms with Gasteiger partial charge in [-0.15, -0.1) is 0 Å². The molecular weight excluding hydrogens is 374 g/mol. The monoisotopic (exact) mass is 400 g/mol. The molecule has 2 saturated heterocycles. The molecule has 10 nitrogen and oxygen atoms in total. The predicted octanol–water partition coefficient (Wildman–Crippen LogP) is -1.14. The Morgan fingerprint density at radius 1 is 1.41 bits per heavy atom. The van der Waals surface area contributed by atoms with Crippen molar-refractivity contribution in [1.29, 1.82) is 5.41 Å². The largest absolute Gasteiger partial charge is 0.381 e. The summed E-state index contributed by atoms with van der Waals surface area (Å²) >= 11 is 0. The summed E-state index contributed by atoms with van der Waals surface area (Å²) in [7, 11) is -3.48. The molecular formula is C16H26N5O5S+. The second-order valence-electron chi connectivity index (χ2n) is 7.06. The topological polar surface area (TPSA) is 142 Å². The van der Waals surface area contributed by atoms with Gasteiger partial charge >= 0.3 is 0 Å². The van der Waals surface area contributed by atoms with Gasteiger partial charge in [0.25, 0.3) is 15.7 Å². The van der Waals surface area contributed by atoms with E-state index in [1.807, 2.05) is 17.1 Å².